The standard InChI is InChI=1S/C9H15N3/c1-4-12-7-8(6-11-12)5-9(2,3)10/h4,6-7H,1,5,10H2,2-3H3. The van der Waals surface area contributed by atoms with Gasteiger partial charge in [-0.1, -0.05) is 6.58 Å². The Morgan fingerprint density at radius 2 is 2.42 bits per heavy atom. The molecule has 1 aromatic heterocycles. The van der Waals surface area contributed by atoms with Crippen LogP contribution in [-0.4, -0.2) is 15.3 Å². The van der Waals surface area contributed by atoms with Crippen LogP contribution in [0.3, 0.4) is 0 Å². The average Bonchev–Trinajstić information content (AvgIpc) is 2.32. The lowest BCUT2D eigenvalue weighted by Crippen LogP contribution is -2.34. The maximum Gasteiger partial charge on any atom is 0.0526 e. The van der Waals surface area contributed by atoms with Gasteiger partial charge in [-0.2, -0.15) is 5.10 Å². The highest BCUT2D eigenvalue weighted by molar-refractivity contribution is 5.18. The number of hydrogen-bond donors (Lipinski definition) is 1. The van der Waals surface area contributed by atoms with E-state index in [9.17, 15) is 0 Å². The van der Waals surface area contributed by atoms with Crippen molar-refractivity contribution in [2.24, 2.45) is 5.73 Å². The summed E-state index contributed by atoms with van der Waals surface area (Å²) in [6, 6.07) is 0. The van der Waals surface area contributed by atoms with Crippen molar-refractivity contribution in [3.05, 3.63) is 24.5 Å². The first-order valence-corrected chi connectivity index (χ1v) is 3.96. The van der Waals surface area contributed by atoms with Gasteiger partial charge < -0.3 is 5.73 Å². The van der Waals surface area contributed by atoms with Crippen LogP contribution < -0.4 is 5.73 Å². The molecule has 0 aliphatic rings. The Morgan fingerprint density at radius 1 is 1.75 bits per heavy atom. The predicted octanol–water partition coefficient (Wildman–Crippen LogP) is 1.26. The smallest absolute Gasteiger partial charge is 0.0526 e. The van der Waals surface area contributed by atoms with E-state index in [-0.39, 0.29) is 5.54 Å². The van der Waals surface area contributed by atoms with Crippen molar-refractivity contribution in [3.63, 3.8) is 0 Å². The number of aromatic nitrogens is 2. The first-order chi connectivity index (χ1) is 5.51. The third-order valence-electron chi connectivity index (χ3n) is 1.50. The van der Waals surface area contributed by atoms with Gasteiger partial charge in [0.1, 0.15) is 0 Å². The molecule has 12 heavy (non-hydrogen) atoms. The molecule has 66 valence electrons. The van der Waals surface area contributed by atoms with Gasteiger partial charge in [0.25, 0.3) is 0 Å². The molecule has 0 aromatic carbocycles. The van der Waals surface area contributed by atoms with Crippen LogP contribution in [0.2, 0.25) is 0 Å². The second kappa shape index (κ2) is 3.11. The third kappa shape index (κ3) is 2.51. The van der Waals surface area contributed by atoms with E-state index in [0.717, 1.165) is 12.0 Å². The van der Waals surface area contributed by atoms with Crippen LogP contribution in [0.4, 0.5) is 0 Å². The Hall–Kier alpha value is -1.09. The lowest BCUT2D eigenvalue weighted by Gasteiger charge is -2.16. The first kappa shape index (κ1) is 9.00. The normalized spacial score (nSPS) is 11.6. The van der Waals surface area contributed by atoms with Gasteiger partial charge in [0.2, 0.25) is 0 Å². The second-order valence-corrected chi connectivity index (χ2v) is 3.68. The van der Waals surface area contributed by atoms with Gasteiger partial charge in [-0.15, -0.1) is 0 Å². The third-order valence-corrected chi connectivity index (χ3v) is 1.50. The van der Waals surface area contributed by atoms with Crippen molar-refractivity contribution >= 4 is 6.20 Å². The Bertz CT molecular complexity index is 268. The quantitative estimate of drug-likeness (QED) is 0.732. The van der Waals surface area contributed by atoms with Crippen molar-refractivity contribution < 1.29 is 0 Å². The van der Waals surface area contributed by atoms with E-state index in [1.807, 2.05) is 26.2 Å². The van der Waals surface area contributed by atoms with Crippen LogP contribution >= 0.6 is 0 Å². The molecule has 0 fully saturated rings. The molecule has 0 unspecified atom stereocenters. The van der Waals surface area contributed by atoms with Crippen molar-refractivity contribution in [1.29, 1.82) is 0 Å². The van der Waals surface area contributed by atoms with E-state index < -0.39 is 0 Å². The second-order valence-electron chi connectivity index (χ2n) is 3.68. The van der Waals surface area contributed by atoms with Gasteiger partial charge in [0.15, 0.2) is 0 Å². The molecule has 0 spiro atoms. The van der Waals surface area contributed by atoms with Crippen molar-refractivity contribution in [2.45, 2.75) is 25.8 Å². The molecular weight excluding hydrogens is 150 g/mol. The molecule has 0 atom stereocenters. The zero-order valence-corrected chi connectivity index (χ0v) is 7.62. The van der Waals surface area contributed by atoms with Gasteiger partial charge in [-0.25, -0.2) is 4.68 Å². The monoisotopic (exact) mass is 165 g/mol. The van der Waals surface area contributed by atoms with E-state index >= 15 is 0 Å². The number of hydrogen-bond acceptors (Lipinski definition) is 2. The minimum atomic E-state index is -0.172. The molecule has 2 N–H and O–H groups in total. The van der Waals surface area contributed by atoms with Crippen molar-refractivity contribution in [1.82, 2.24) is 9.78 Å². The molecule has 1 heterocycles. The Kier molecular flexibility index (Phi) is 2.33. The molecule has 3 heteroatoms. The molecule has 0 saturated heterocycles. The summed E-state index contributed by atoms with van der Waals surface area (Å²) < 4.78 is 1.68. The summed E-state index contributed by atoms with van der Waals surface area (Å²) in [5.41, 5.74) is 6.82. The Balaban J connectivity index is 2.70. The van der Waals surface area contributed by atoms with Crippen molar-refractivity contribution in [3.8, 4) is 0 Å². The van der Waals surface area contributed by atoms with E-state index in [4.69, 9.17) is 5.73 Å². The Labute approximate surface area is 72.9 Å². The number of rotatable bonds is 3. The summed E-state index contributed by atoms with van der Waals surface area (Å²) in [6.45, 7) is 7.61. The summed E-state index contributed by atoms with van der Waals surface area (Å²) in [7, 11) is 0. The van der Waals surface area contributed by atoms with Crippen LogP contribution in [-0.2, 0) is 6.42 Å². The van der Waals surface area contributed by atoms with Gasteiger partial charge in [0, 0.05) is 17.9 Å². The Morgan fingerprint density at radius 3 is 2.83 bits per heavy atom. The molecule has 1 aromatic rings. The first-order valence-electron chi connectivity index (χ1n) is 3.96. The molecule has 0 bridgehead atoms. The van der Waals surface area contributed by atoms with Crippen LogP contribution in [0.5, 0.6) is 0 Å². The molecule has 3 nitrogen and oxygen atoms in total. The van der Waals surface area contributed by atoms with Crippen molar-refractivity contribution in [2.75, 3.05) is 0 Å². The fourth-order valence-electron chi connectivity index (χ4n) is 1.09. The largest absolute Gasteiger partial charge is 0.325 e. The molecule has 0 radical (unpaired) electrons. The molecule has 0 amide bonds. The maximum atomic E-state index is 5.86. The highest BCUT2D eigenvalue weighted by atomic mass is 15.2. The minimum Gasteiger partial charge on any atom is -0.325 e. The molecule has 1 rings (SSSR count). The highest BCUT2D eigenvalue weighted by Crippen LogP contribution is 2.08. The number of nitrogens with zero attached hydrogens (tertiary/aromatic N) is 2. The summed E-state index contributed by atoms with van der Waals surface area (Å²) in [6.07, 6.45) is 6.24. The molecule has 0 saturated carbocycles. The minimum absolute atomic E-state index is 0.172. The van der Waals surface area contributed by atoms with Crippen LogP contribution in [0, 0.1) is 0 Å². The topological polar surface area (TPSA) is 43.8 Å². The van der Waals surface area contributed by atoms with E-state index in [1.165, 1.54) is 0 Å². The van der Waals surface area contributed by atoms with Crippen LogP contribution in [0.1, 0.15) is 19.4 Å². The van der Waals surface area contributed by atoms with Gasteiger partial charge >= 0.3 is 0 Å². The van der Waals surface area contributed by atoms with Gasteiger partial charge in [-0.05, 0) is 25.8 Å². The lowest BCUT2D eigenvalue weighted by atomic mass is 9.99. The predicted molar refractivity (Wildman–Crippen MR) is 50.6 cm³/mol. The van der Waals surface area contributed by atoms with E-state index in [0.29, 0.717) is 0 Å². The SMILES string of the molecule is C=Cn1cc(CC(C)(C)N)cn1. The zero-order chi connectivity index (χ0) is 9.19. The maximum absolute atomic E-state index is 5.86. The zero-order valence-electron chi connectivity index (χ0n) is 7.62. The average molecular weight is 165 g/mol. The van der Waals surface area contributed by atoms with Crippen LogP contribution in [0.15, 0.2) is 19.0 Å². The number of nitrogens with two attached hydrogens (primary N) is 1. The molecule has 0 aliphatic heterocycles. The summed E-state index contributed by atoms with van der Waals surface area (Å²) in [5.74, 6) is 0. The lowest BCUT2D eigenvalue weighted by molar-refractivity contribution is 0.517. The highest BCUT2D eigenvalue weighted by Gasteiger charge is 2.12. The van der Waals surface area contributed by atoms with Gasteiger partial charge in [0.05, 0.1) is 6.20 Å². The summed E-state index contributed by atoms with van der Waals surface area (Å²) in [4.78, 5) is 0. The van der Waals surface area contributed by atoms with E-state index in [1.54, 1.807) is 10.9 Å². The summed E-state index contributed by atoms with van der Waals surface area (Å²) >= 11 is 0. The summed E-state index contributed by atoms with van der Waals surface area (Å²) in [5, 5.41) is 4.06. The molecular formula is C9H15N3. The fourth-order valence-corrected chi connectivity index (χ4v) is 1.09. The van der Waals surface area contributed by atoms with Crippen LogP contribution in [0.25, 0.3) is 6.20 Å². The molecule has 0 aliphatic carbocycles. The van der Waals surface area contributed by atoms with Gasteiger partial charge in [-0.3, -0.25) is 0 Å². The van der Waals surface area contributed by atoms with E-state index in [2.05, 4.69) is 11.7 Å². The fraction of sp³-hybridized carbons (Fsp3) is 0.444.